The highest BCUT2D eigenvalue weighted by atomic mass is 32.2. The minimum absolute atomic E-state index is 0.0480. The molecule has 3 heterocycles. The first-order valence-electron chi connectivity index (χ1n) is 11.7. The Morgan fingerprint density at radius 1 is 1.15 bits per heavy atom. The maximum atomic E-state index is 12.4. The fourth-order valence-electron chi connectivity index (χ4n) is 5.04. The summed E-state index contributed by atoms with van der Waals surface area (Å²) >= 11 is 0. The van der Waals surface area contributed by atoms with E-state index in [9.17, 15) is 13.2 Å². The lowest BCUT2D eigenvalue weighted by atomic mass is 9.90. The Hall–Kier alpha value is -2.38. The minimum atomic E-state index is -2.90. The molecule has 1 saturated heterocycles. The number of aryl methyl sites for hydroxylation is 1. The standard InChI is InChI=1S/C26H35N3O3S/c1-16(2)24-21-12-19(11-20-13-29(14-20)9-10-33(6,31)32)7-8-23(21)27-25(24)22-15-28(5)26(30)18(4)17(22)3/h7-8,12,15-16,20,27H,9-11,13-14H2,1-6H3. The number of rotatable bonds is 7. The van der Waals surface area contributed by atoms with Crippen LogP contribution in [0.1, 0.15) is 42.0 Å². The van der Waals surface area contributed by atoms with Gasteiger partial charge in [-0.2, -0.15) is 0 Å². The molecule has 0 unspecified atom stereocenters. The zero-order valence-electron chi connectivity index (χ0n) is 20.5. The van der Waals surface area contributed by atoms with Crippen LogP contribution in [-0.2, 0) is 23.3 Å². The molecule has 1 aromatic carbocycles. The third kappa shape index (κ3) is 4.80. The van der Waals surface area contributed by atoms with Gasteiger partial charge in [0.2, 0.25) is 0 Å². The van der Waals surface area contributed by atoms with Gasteiger partial charge in [0.25, 0.3) is 5.56 Å². The van der Waals surface area contributed by atoms with Crippen LogP contribution < -0.4 is 5.56 Å². The number of pyridine rings is 1. The molecule has 0 amide bonds. The molecule has 0 radical (unpaired) electrons. The van der Waals surface area contributed by atoms with E-state index in [1.54, 1.807) is 4.57 Å². The molecule has 1 aliphatic heterocycles. The Bertz CT molecular complexity index is 1360. The summed E-state index contributed by atoms with van der Waals surface area (Å²) in [5, 5.41) is 1.25. The summed E-state index contributed by atoms with van der Waals surface area (Å²) in [6.45, 7) is 10.9. The molecule has 2 aromatic heterocycles. The Balaban J connectivity index is 1.62. The fourth-order valence-corrected chi connectivity index (χ4v) is 5.63. The van der Waals surface area contributed by atoms with E-state index in [0.29, 0.717) is 18.4 Å². The van der Waals surface area contributed by atoms with Crippen LogP contribution >= 0.6 is 0 Å². The van der Waals surface area contributed by atoms with Gasteiger partial charge < -0.3 is 14.5 Å². The van der Waals surface area contributed by atoms with Crippen LogP contribution in [0.15, 0.2) is 29.2 Å². The van der Waals surface area contributed by atoms with Crippen molar-refractivity contribution in [1.29, 1.82) is 0 Å². The maximum absolute atomic E-state index is 12.4. The van der Waals surface area contributed by atoms with Gasteiger partial charge in [-0.25, -0.2) is 8.42 Å². The molecule has 3 aromatic rings. The third-order valence-electron chi connectivity index (χ3n) is 7.02. The number of hydrogen-bond donors (Lipinski definition) is 1. The lowest BCUT2D eigenvalue weighted by Gasteiger charge is -2.39. The van der Waals surface area contributed by atoms with Gasteiger partial charge in [0, 0.05) is 61.2 Å². The SMILES string of the molecule is Cc1c(-c2[nH]c3ccc(CC4CN(CCS(C)(=O)=O)C4)cc3c2C(C)C)cn(C)c(=O)c1C. The van der Waals surface area contributed by atoms with Gasteiger partial charge in [0.15, 0.2) is 0 Å². The van der Waals surface area contributed by atoms with Crippen LogP contribution in [0.4, 0.5) is 0 Å². The summed E-state index contributed by atoms with van der Waals surface area (Å²) in [6, 6.07) is 6.68. The number of aromatic amines is 1. The van der Waals surface area contributed by atoms with Crippen molar-refractivity contribution in [2.75, 3.05) is 31.6 Å². The van der Waals surface area contributed by atoms with E-state index in [2.05, 4.69) is 41.9 Å². The molecule has 7 heteroatoms. The van der Waals surface area contributed by atoms with Gasteiger partial charge in [0.05, 0.1) is 11.4 Å². The van der Waals surface area contributed by atoms with E-state index in [-0.39, 0.29) is 11.3 Å². The molecule has 4 rings (SSSR count). The molecule has 0 atom stereocenters. The number of benzene rings is 1. The van der Waals surface area contributed by atoms with Crippen LogP contribution in [0.2, 0.25) is 0 Å². The lowest BCUT2D eigenvalue weighted by molar-refractivity contribution is 0.109. The van der Waals surface area contributed by atoms with Gasteiger partial charge >= 0.3 is 0 Å². The van der Waals surface area contributed by atoms with Crippen LogP contribution in [0.3, 0.4) is 0 Å². The Kier molecular flexibility index (Phi) is 6.31. The van der Waals surface area contributed by atoms with Crippen molar-refractivity contribution in [2.45, 2.75) is 40.0 Å². The summed E-state index contributed by atoms with van der Waals surface area (Å²) in [6.07, 6.45) is 4.25. The first-order chi connectivity index (χ1) is 15.4. The highest BCUT2D eigenvalue weighted by molar-refractivity contribution is 7.90. The van der Waals surface area contributed by atoms with Gasteiger partial charge in [-0.05, 0) is 60.9 Å². The van der Waals surface area contributed by atoms with Crippen LogP contribution in [-0.4, -0.2) is 54.5 Å². The molecule has 6 nitrogen and oxygen atoms in total. The van der Waals surface area contributed by atoms with E-state index in [1.165, 1.54) is 22.8 Å². The summed E-state index contributed by atoms with van der Waals surface area (Å²) < 4.78 is 24.5. The second kappa shape index (κ2) is 8.76. The molecule has 178 valence electrons. The molecule has 1 fully saturated rings. The van der Waals surface area contributed by atoms with Crippen molar-refractivity contribution < 1.29 is 8.42 Å². The maximum Gasteiger partial charge on any atom is 0.253 e. The van der Waals surface area contributed by atoms with Gasteiger partial charge in [0.1, 0.15) is 9.84 Å². The number of hydrogen-bond acceptors (Lipinski definition) is 4. The normalized spacial score (nSPS) is 15.5. The molecule has 0 bridgehead atoms. The summed E-state index contributed by atoms with van der Waals surface area (Å²) in [5.74, 6) is 1.13. The van der Waals surface area contributed by atoms with Crippen molar-refractivity contribution >= 4 is 20.7 Å². The lowest BCUT2D eigenvalue weighted by Crippen LogP contribution is -2.49. The fraction of sp³-hybridized carbons (Fsp3) is 0.500. The monoisotopic (exact) mass is 469 g/mol. The molecule has 0 aliphatic carbocycles. The largest absolute Gasteiger partial charge is 0.354 e. The van der Waals surface area contributed by atoms with E-state index in [1.807, 2.05) is 27.1 Å². The summed E-state index contributed by atoms with van der Waals surface area (Å²) in [4.78, 5) is 18.2. The molecular weight excluding hydrogens is 434 g/mol. The molecular formula is C26H35N3O3S. The first-order valence-corrected chi connectivity index (χ1v) is 13.7. The van der Waals surface area contributed by atoms with Crippen molar-refractivity contribution in [3.8, 4) is 11.3 Å². The predicted molar refractivity (Wildman–Crippen MR) is 136 cm³/mol. The minimum Gasteiger partial charge on any atom is -0.354 e. The number of fused-ring (bicyclic) bond motifs is 1. The predicted octanol–water partition coefficient (Wildman–Crippen LogP) is 3.79. The molecule has 0 saturated carbocycles. The number of H-pyrrole nitrogens is 1. The third-order valence-corrected chi connectivity index (χ3v) is 7.94. The van der Waals surface area contributed by atoms with Crippen LogP contribution in [0.25, 0.3) is 22.2 Å². The van der Waals surface area contributed by atoms with Crippen molar-refractivity contribution in [3.63, 3.8) is 0 Å². The smallest absolute Gasteiger partial charge is 0.253 e. The zero-order chi connectivity index (χ0) is 24.1. The average molecular weight is 470 g/mol. The molecule has 1 N–H and O–H groups in total. The highest BCUT2D eigenvalue weighted by Gasteiger charge is 2.27. The zero-order valence-corrected chi connectivity index (χ0v) is 21.3. The van der Waals surface area contributed by atoms with Crippen molar-refractivity contribution in [3.05, 3.63) is 57.0 Å². The molecule has 33 heavy (non-hydrogen) atoms. The number of sulfone groups is 1. The first kappa shape index (κ1) is 23.8. The average Bonchev–Trinajstić information content (AvgIpc) is 3.08. The van der Waals surface area contributed by atoms with E-state index in [0.717, 1.165) is 47.4 Å². The second-order valence-electron chi connectivity index (χ2n) is 10.1. The number of nitrogens with one attached hydrogen (secondary N) is 1. The highest BCUT2D eigenvalue weighted by Crippen LogP contribution is 2.37. The van der Waals surface area contributed by atoms with E-state index >= 15 is 0 Å². The summed E-state index contributed by atoms with van der Waals surface area (Å²) in [7, 11) is -1.09. The van der Waals surface area contributed by atoms with Crippen molar-refractivity contribution in [1.82, 2.24) is 14.5 Å². The van der Waals surface area contributed by atoms with Gasteiger partial charge in [-0.1, -0.05) is 19.9 Å². The quantitative estimate of drug-likeness (QED) is 0.571. The van der Waals surface area contributed by atoms with E-state index in [4.69, 9.17) is 0 Å². The van der Waals surface area contributed by atoms with Gasteiger partial charge in [-0.3, -0.25) is 4.79 Å². The second-order valence-corrected chi connectivity index (χ2v) is 12.4. The number of nitrogens with zero attached hydrogens (tertiary/aromatic N) is 2. The topological polar surface area (TPSA) is 75.2 Å². The van der Waals surface area contributed by atoms with Crippen LogP contribution in [0.5, 0.6) is 0 Å². The Morgan fingerprint density at radius 2 is 1.85 bits per heavy atom. The molecule has 0 spiro atoms. The van der Waals surface area contributed by atoms with Gasteiger partial charge in [-0.15, -0.1) is 0 Å². The Morgan fingerprint density at radius 3 is 2.48 bits per heavy atom. The van der Waals surface area contributed by atoms with Crippen LogP contribution in [0, 0.1) is 19.8 Å². The summed E-state index contributed by atoms with van der Waals surface area (Å²) in [5.41, 5.74) is 7.76. The van der Waals surface area contributed by atoms with E-state index < -0.39 is 9.84 Å². The Labute approximate surface area is 196 Å². The number of aromatic nitrogens is 2. The number of likely N-dealkylation sites (tertiary alicyclic amines) is 1. The van der Waals surface area contributed by atoms with Crippen molar-refractivity contribution in [2.24, 2.45) is 13.0 Å². The molecule has 1 aliphatic rings.